The van der Waals surface area contributed by atoms with Crippen molar-refractivity contribution in [2.75, 3.05) is 31.3 Å². The number of fused-ring (bicyclic) bond motifs is 3. The predicted octanol–water partition coefficient (Wildman–Crippen LogP) is 3.29. The van der Waals surface area contributed by atoms with E-state index in [-0.39, 0.29) is 11.9 Å². The molecule has 0 spiro atoms. The lowest BCUT2D eigenvalue weighted by Crippen LogP contribution is -2.58. The van der Waals surface area contributed by atoms with E-state index in [1.807, 2.05) is 44.1 Å². The number of likely N-dealkylation sites (N-methyl/N-ethyl adjacent to an activating group) is 1. The molecular weight excluding hydrogens is 416 g/mol. The van der Waals surface area contributed by atoms with Crippen molar-refractivity contribution in [1.29, 1.82) is 0 Å². The number of hydrogen-bond donors (Lipinski definition) is 3. The maximum Gasteiger partial charge on any atom is 0.237 e. The van der Waals surface area contributed by atoms with Gasteiger partial charge in [-0.15, -0.1) is 0 Å². The number of H-pyrrole nitrogens is 1. The number of pyridine rings is 2. The van der Waals surface area contributed by atoms with Crippen LogP contribution in [0.25, 0.3) is 10.9 Å². The number of anilines is 3. The summed E-state index contributed by atoms with van der Waals surface area (Å²) in [6, 6.07) is 8.73. The van der Waals surface area contributed by atoms with Crippen molar-refractivity contribution >= 4 is 34.3 Å². The topological polar surface area (TPSA) is 102 Å². The van der Waals surface area contributed by atoms with Crippen molar-refractivity contribution in [1.82, 2.24) is 30.0 Å². The average Bonchev–Trinajstić information content (AvgIpc) is 3.17. The van der Waals surface area contributed by atoms with E-state index < -0.39 is 0 Å². The molecule has 0 saturated carbocycles. The zero-order valence-corrected chi connectivity index (χ0v) is 19.5. The molecule has 3 aromatic rings. The van der Waals surface area contributed by atoms with Gasteiger partial charge in [-0.2, -0.15) is 5.10 Å². The molecule has 9 heteroatoms. The van der Waals surface area contributed by atoms with Gasteiger partial charge in [0.15, 0.2) is 5.82 Å². The van der Waals surface area contributed by atoms with Crippen molar-refractivity contribution in [2.45, 2.75) is 57.2 Å². The Morgan fingerprint density at radius 2 is 2.00 bits per heavy atom. The SMILES string of the molecule is Cc1cc(Nc2cc3ncccc3c(N[C@H]3C[C@H]4CCC[C@@H](C3)N4C(=O)CN(C)C)n2)n[nH]1. The Kier molecular flexibility index (Phi) is 5.88. The highest BCUT2D eigenvalue weighted by Crippen LogP contribution is 2.36. The minimum Gasteiger partial charge on any atom is -0.367 e. The molecule has 0 radical (unpaired) electrons. The smallest absolute Gasteiger partial charge is 0.237 e. The van der Waals surface area contributed by atoms with Gasteiger partial charge in [-0.3, -0.25) is 14.9 Å². The number of carbonyl (C=O) groups excluding carboxylic acids is 1. The molecule has 5 heterocycles. The second-order valence-corrected chi connectivity index (χ2v) is 9.58. The summed E-state index contributed by atoms with van der Waals surface area (Å²) < 4.78 is 0. The third kappa shape index (κ3) is 4.64. The number of nitrogens with zero attached hydrogens (tertiary/aromatic N) is 5. The minimum absolute atomic E-state index is 0.251. The summed E-state index contributed by atoms with van der Waals surface area (Å²) in [7, 11) is 3.91. The molecule has 2 aliphatic heterocycles. The van der Waals surface area contributed by atoms with Crippen molar-refractivity contribution in [3.05, 3.63) is 36.2 Å². The predicted molar refractivity (Wildman–Crippen MR) is 130 cm³/mol. The normalized spacial score (nSPS) is 22.5. The van der Waals surface area contributed by atoms with Crippen LogP contribution in [0.4, 0.5) is 17.5 Å². The highest BCUT2D eigenvalue weighted by atomic mass is 16.2. The van der Waals surface area contributed by atoms with Crippen LogP contribution < -0.4 is 10.6 Å². The summed E-state index contributed by atoms with van der Waals surface area (Å²) >= 11 is 0. The number of aromatic amines is 1. The molecule has 0 unspecified atom stereocenters. The van der Waals surface area contributed by atoms with Crippen LogP contribution in [0, 0.1) is 6.92 Å². The number of nitrogens with one attached hydrogen (secondary N) is 3. The van der Waals surface area contributed by atoms with Crippen molar-refractivity contribution in [3.8, 4) is 0 Å². The largest absolute Gasteiger partial charge is 0.367 e. The van der Waals surface area contributed by atoms with Gasteiger partial charge in [0.25, 0.3) is 0 Å². The first kappa shape index (κ1) is 21.6. The van der Waals surface area contributed by atoms with E-state index in [0.717, 1.165) is 53.9 Å². The first-order valence-electron chi connectivity index (χ1n) is 11.7. The lowest BCUT2D eigenvalue weighted by molar-refractivity contribution is -0.141. The second-order valence-electron chi connectivity index (χ2n) is 9.58. The van der Waals surface area contributed by atoms with Gasteiger partial charge < -0.3 is 20.4 Å². The molecule has 2 aliphatic rings. The Hall–Kier alpha value is -3.20. The molecule has 1 amide bonds. The summed E-state index contributed by atoms with van der Waals surface area (Å²) in [4.78, 5) is 26.5. The van der Waals surface area contributed by atoms with E-state index in [4.69, 9.17) is 4.98 Å². The van der Waals surface area contributed by atoms with E-state index in [1.165, 1.54) is 6.42 Å². The fraction of sp³-hybridized carbons (Fsp3) is 0.500. The lowest BCUT2D eigenvalue weighted by atomic mass is 9.81. The van der Waals surface area contributed by atoms with Crippen LogP contribution in [0.5, 0.6) is 0 Å². The molecule has 2 fully saturated rings. The Bertz CT molecular complexity index is 1130. The van der Waals surface area contributed by atoms with E-state index in [9.17, 15) is 4.79 Å². The summed E-state index contributed by atoms with van der Waals surface area (Å²) in [6.45, 7) is 2.44. The van der Waals surface area contributed by atoms with Gasteiger partial charge in [-0.05, 0) is 65.3 Å². The Morgan fingerprint density at radius 3 is 2.70 bits per heavy atom. The van der Waals surface area contributed by atoms with Crippen LogP contribution in [0.1, 0.15) is 37.8 Å². The van der Waals surface area contributed by atoms with Gasteiger partial charge in [-0.1, -0.05) is 0 Å². The number of carbonyl (C=O) groups is 1. The van der Waals surface area contributed by atoms with Crippen LogP contribution in [0.2, 0.25) is 0 Å². The molecule has 2 saturated heterocycles. The number of rotatable bonds is 6. The molecular formula is C24H32N8O. The maximum atomic E-state index is 12.9. The third-order valence-corrected chi connectivity index (χ3v) is 6.62. The van der Waals surface area contributed by atoms with Gasteiger partial charge in [0.2, 0.25) is 5.91 Å². The first-order valence-corrected chi connectivity index (χ1v) is 11.7. The molecule has 2 bridgehead atoms. The van der Waals surface area contributed by atoms with E-state index in [0.29, 0.717) is 24.4 Å². The fourth-order valence-electron chi connectivity index (χ4n) is 5.31. The number of piperidine rings is 2. The molecule has 9 nitrogen and oxygen atoms in total. The van der Waals surface area contributed by atoms with Crippen molar-refractivity contribution in [3.63, 3.8) is 0 Å². The standard InChI is InChI=1S/C24H32N8O/c1-15-10-22(30-29-15)27-21-13-20-19(8-5-9-25-20)24(28-21)26-16-11-17-6-4-7-18(12-16)32(17)23(33)14-31(2)3/h5,8-10,13,16-18H,4,6-7,11-12,14H2,1-3H3,(H3,26,27,28,29,30)/t16-,17+,18-. The molecule has 0 aliphatic carbocycles. The summed E-state index contributed by atoms with van der Waals surface area (Å²) in [5.74, 6) is 2.50. The van der Waals surface area contributed by atoms with Crippen LogP contribution in [-0.4, -0.2) is 74.6 Å². The van der Waals surface area contributed by atoms with Gasteiger partial charge in [0.05, 0.1) is 12.1 Å². The van der Waals surface area contributed by atoms with Crippen LogP contribution in [0.15, 0.2) is 30.5 Å². The highest BCUT2D eigenvalue weighted by Gasteiger charge is 2.40. The highest BCUT2D eigenvalue weighted by molar-refractivity contribution is 5.91. The minimum atomic E-state index is 0.251. The summed E-state index contributed by atoms with van der Waals surface area (Å²) in [6.07, 6.45) is 7.02. The van der Waals surface area contributed by atoms with Crippen molar-refractivity contribution < 1.29 is 4.79 Å². The summed E-state index contributed by atoms with van der Waals surface area (Å²) in [5, 5.41) is 15.2. The van der Waals surface area contributed by atoms with E-state index >= 15 is 0 Å². The zero-order chi connectivity index (χ0) is 22.9. The number of amides is 1. The molecule has 174 valence electrons. The fourth-order valence-corrected chi connectivity index (χ4v) is 5.31. The molecule has 33 heavy (non-hydrogen) atoms. The number of hydrogen-bond acceptors (Lipinski definition) is 7. The van der Waals surface area contributed by atoms with Crippen molar-refractivity contribution in [2.24, 2.45) is 0 Å². The Morgan fingerprint density at radius 1 is 1.21 bits per heavy atom. The van der Waals surface area contributed by atoms with Gasteiger partial charge in [-0.25, -0.2) is 4.98 Å². The second kappa shape index (κ2) is 8.97. The van der Waals surface area contributed by atoms with E-state index in [2.05, 4.69) is 36.8 Å². The Balaban J connectivity index is 1.38. The number of aromatic nitrogens is 4. The third-order valence-electron chi connectivity index (χ3n) is 6.62. The van der Waals surface area contributed by atoms with Gasteiger partial charge in [0, 0.05) is 47.5 Å². The molecule has 0 aromatic carbocycles. The summed E-state index contributed by atoms with van der Waals surface area (Å²) in [5.41, 5.74) is 1.86. The molecule has 5 rings (SSSR count). The van der Waals surface area contributed by atoms with Crippen LogP contribution >= 0.6 is 0 Å². The molecule has 3 atom stereocenters. The average molecular weight is 449 g/mol. The van der Waals surface area contributed by atoms with E-state index in [1.54, 1.807) is 6.20 Å². The number of aryl methyl sites for hydroxylation is 1. The van der Waals surface area contributed by atoms with Gasteiger partial charge in [0.1, 0.15) is 11.6 Å². The molecule has 3 N–H and O–H groups in total. The quantitative estimate of drug-likeness (QED) is 0.532. The maximum absolute atomic E-state index is 12.9. The Labute approximate surface area is 194 Å². The van der Waals surface area contributed by atoms with Gasteiger partial charge >= 0.3 is 0 Å². The zero-order valence-electron chi connectivity index (χ0n) is 19.5. The monoisotopic (exact) mass is 448 g/mol. The lowest BCUT2D eigenvalue weighted by Gasteiger charge is -2.49. The first-order chi connectivity index (χ1) is 16.0. The van der Waals surface area contributed by atoms with Crippen LogP contribution in [0.3, 0.4) is 0 Å². The molecule has 3 aromatic heterocycles. The van der Waals surface area contributed by atoms with Crippen LogP contribution in [-0.2, 0) is 4.79 Å².